The first kappa shape index (κ1) is 18.2. The van der Waals surface area contributed by atoms with E-state index >= 15 is 0 Å². The monoisotopic (exact) mass is 379 g/mol. The Morgan fingerprint density at radius 1 is 1.11 bits per heavy atom. The standard InChI is InChI=1S/C20H25N7O/c1-22-19(28)13-5-9-16(10-6-13)24-20-25-18-4-2-3-17(27(18)26-20)23-15-11-7-14(21)8-12-15/h2-6,9-10,14-15,23H,7-8,11-12,21H2,1H3,(H,22,28)(H,24,26)/t14-,15-. The van der Waals surface area contributed by atoms with Crippen LogP contribution in [0, 0.1) is 0 Å². The van der Waals surface area contributed by atoms with E-state index in [1.54, 1.807) is 19.2 Å². The lowest BCUT2D eigenvalue weighted by Gasteiger charge is -2.27. The number of anilines is 3. The van der Waals surface area contributed by atoms with Crippen LogP contribution in [0.15, 0.2) is 42.5 Å². The molecule has 4 rings (SSSR count). The van der Waals surface area contributed by atoms with Crippen molar-refractivity contribution in [3.63, 3.8) is 0 Å². The zero-order chi connectivity index (χ0) is 19.5. The van der Waals surface area contributed by atoms with E-state index in [1.165, 1.54) is 0 Å². The first-order valence-corrected chi connectivity index (χ1v) is 9.59. The lowest BCUT2D eigenvalue weighted by Crippen LogP contribution is -2.33. The van der Waals surface area contributed by atoms with E-state index in [4.69, 9.17) is 5.73 Å². The lowest BCUT2D eigenvalue weighted by atomic mass is 9.92. The number of rotatable bonds is 5. The van der Waals surface area contributed by atoms with Crippen LogP contribution in [-0.2, 0) is 0 Å². The van der Waals surface area contributed by atoms with Crippen molar-refractivity contribution in [3.05, 3.63) is 48.0 Å². The summed E-state index contributed by atoms with van der Waals surface area (Å²) in [6.45, 7) is 0. The van der Waals surface area contributed by atoms with Gasteiger partial charge in [-0.1, -0.05) is 6.07 Å². The summed E-state index contributed by atoms with van der Waals surface area (Å²) in [5, 5.41) is 14.0. The van der Waals surface area contributed by atoms with E-state index in [1.807, 2.05) is 34.8 Å². The van der Waals surface area contributed by atoms with Gasteiger partial charge in [-0.2, -0.15) is 9.50 Å². The highest BCUT2D eigenvalue weighted by Crippen LogP contribution is 2.22. The minimum Gasteiger partial charge on any atom is -0.367 e. The number of nitrogens with zero attached hydrogens (tertiary/aromatic N) is 3. The molecular weight excluding hydrogens is 354 g/mol. The summed E-state index contributed by atoms with van der Waals surface area (Å²) in [6, 6.07) is 13.8. The second kappa shape index (κ2) is 7.85. The zero-order valence-electron chi connectivity index (χ0n) is 15.9. The van der Waals surface area contributed by atoms with Crippen molar-refractivity contribution in [1.82, 2.24) is 19.9 Å². The molecule has 8 nitrogen and oxygen atoms in total. The van der Waals surface area contributed by atoms with Crippen LogP contribution in [0.5, 0.6) is 0 Å². The molecule has 28 heavy (non-hydrogen) atoms. The second-order valence-electron chi connectivity index (χ2n) is 7.15. The highest BCUT2D eigenvalue weighted by atomic mass is 16.1. The van der Waals surface area contributed by atoms with Crippen LogP contribution in [0.3, 0.4) is 0 Å². The van der Waals surface area contributed by atoms with Crippen molar-refractivity contribution >= 4 is 29.0 Å². The van der Waals surface area contributed by atoms with Gasteiger partial charge >= 0.3 is 0 Å². The summed E-state index contributed by atoms with van der Waals surface area (Å²) in [6.07, 6.45) is 4.22. The van der Waals surface area contributed by atoms with Gasteiger partial charge in [-0.05, 0) is 62.1 Å². The Morgan fingerprint density at radius 2 is 1.86 bits per heavy atom. The van der Waals surface area contributed by atoms with Gasteiger partial charge < -0.3 is 21.7 Å². The number of hydrogen-bond donors (Lipinski definition) is 4. The third-order valence-electron chi connectivity index (χ3n) is 5.11. The molecule has 1 amide bonds. The molecule has 0 spiro atoms. The van der Waals surface area contributed by atoms with Gasteiger partial charge in [0.05, 0.1) is 0 Å². The molecule has 1 fully saturated rings. The third kappa shape index (κ3) is 3.91. The molecule has 0 atom stereocenters. The summed E-state index contributed by atoms with van der Waals surface area (Å²) >= 11 is 0. The largest absolute Gasteiger partial charge is 0.367 e. The molecule has 5 N–H and O–H groups in total. The molecule has 1 saturated carbocycles. The van der Waals surface area contributed by atoms with Gasteiger partial charge in [0, 0.05) is 30.4 Å². The van der Waals surface area contributed by atoms with Gasteiger partial charge in [-0.25, -0.2) is 0 Å². The van der Waals surface area contributed by atoms with Gasteiger partial charge in [0.15, 0.2) is 5.65 Å². The molecule has 2 heterocycles. The molecule has 0 unspecified atom stereocenters. The number of nitrogens with one attached hydrogen (secondary N) is 3. The number of benzene rings is 1. The average Bonchev–Trinajstić information content (AvgIpc) is 3.13. The van der Waals surface area contributed by atoms with Crippen LogP contribution < -0.4 is 21.7 Å². The van der Waals surface area contributed by atoms with Gasteiger partial charge in [-0.15, -0.1) is 5.10 Å². The molecule has 146 valence electrons. The fourth-order valence-electron chi connectivity index (χ4n) is 3.52. The van der Waals surface area contributed by atoms with Crippen LogP contribution in [0.25, 0.3) is 5.65 Å². The predicted molar refractivity (Wildman–Crippen MR) is 110 cm³/mol. The molecule has 0 radical (unpaired) electrons. The highest BCUT2D eigenvalue weighted by Gasteiger charge is 2.19. The third-order valence-corrected chi connectivity index (χ3v) is 5.11. The van der Waals surface area contributed by atoms with Gasteiger partial charge in [0.1, 0.15) is 5.82 Å². The van der Waals surface area contributed by atoms with Gasteiger partial charge in [0.2, 0.25) is 5.95 Å². The maximum absolute atomic E-state index is 11.6. The number of amides is 1. The SMILES string of the molecule is CNC(=O)c1ccc(Nc2nc3cccc(N[C@H]4CC[C@H](N)CC4)n3n2)cc1. The van der Waals surface area contributed by atoms with Gasteiger partial charge in [-0.3, -0.25) is 4.79 Å². The Kier molecular flexibility index (Phi) is 5.12. The molecular formula is C20H25N7O. The summed E-state index contributed by atoms with van der Waals surface area (Å²) in [7, 11) is 1.61. The molecule has 3 aromatic rings. The van der Waals surface area contributed by atoms with E-state index < -0.39 is 0 Å². The number of nitrogens with two attached hydrogens (primary N) is 1. The summed E-state index contributed by atoms with van der Waals surface area (Å²) in [5.41, 5.74) is 8.20. The van der Waals surface area contributed by atoms with E-state index in [-0.39, 0.29) is 5.91 Å². The fourth-order valence-corrected chi connectivity index (χ4v) is 3.52. The van der Waals surface area contributed by atoms with Gasteiger partial charge in [0.25, 0.3) is 5.91 Å². The van der Waals surface area contributed by atoms with Crippen molar-refractivity contribution in [2.75, 3.05) is 17.7 Å². The quantitative estimate of drug-likeness (QED) is 0.542. The first-order valence-electron chi connectivity index (χ1n) is 9.59. The Hall–Kier alpha value is -3.13. The normalized spacial score (nSPS) is 19.4. The van der Waals surface area contributed by atoms with E-state index in [0.717, 1.165) is 42.8 Å². The summed E-state index contributed by atoms with van der Waals surface area (Å²) in [4.78, 5) is 16.2. The average molecular weight is 379 g/mol. The summed E-state index contributed by atoms with van der Waals surface area (Å²) in [5.74, 6) is 1.32. The highest BCUT2D eigenvalue weighted by molar-refractivity contribution is 5.94. The molecule has 8 heteroatoms. The number of carbonyl (C=O) groups is 1. The Balaban J connectivity index is 1.50. The topological polar surface area (TPSA) is 109 Å². The minimum absolute atomic E-state index is 0.114. The van der Waals surface area contributed by atoms with Crippen LogP contribution >= 0.6 is 0 Å². The molecule has 0 saturated heterocycles. The maximum Gasteiger partial charge on any atom is 0.251 e. The Labute approximate surface area is 163 Å². The molecule has 1 aliphatic carbocycles. The van der Waals surface area contributed by atoms with E-state index in [9.17, 15) is 4.79 Å². The van der Waals surface area contributed by atoms with Crippen molar-refractivity contribution in [2.24, 2.45) is 5.73 Å². The molecule has 0 aliphatic heterocycles. The van der Waals surface area contributed by atoms with Crippen LogP contribution in [0.4, 0.5) is 17.5 Å². The van der Waals surface area contributed by atoms with E-state index in [2.05, 4.69) is 26.0 Å². The molecule has 1 aromatic carbocycles. The maximum atomic E-state index is 11.6. The number of pyridine rings is 1. The number of fused-ring (bicyclic) bond motifs is 1. The fraction of sp³-hybridized carbons (Fsp3) is 0.350. The second-order valence-corrected chi connectivity index (χ2v) is 7.15. The van der Waals surface area contributed by atoms with Crippen LogP contribution in [0.1, 0.15) is 36.0 Å². The minimum atomic E-state index is -0.114. The summed E-state index contributed by atoms with van der Waals surface area (Å²) < 4.78 is 1.82. The van der Waals surface area contributed by atoms with Crippen LogP contribution in [-0.4, -0.2) is 39.6 Å². The molecule has 0 bridgehead atoms. The van der Waals surface area contributed by atoms with Crippen molar-refractivity contribution < 1.29 is 4.79 Å². The van der Waals surface area contributed by atoms with Crippen molar-refractivity contribution in [2.45, 2.75) is 37.8 Å². The lowest BCUT2D eigenvalue weighted by molar-refractivity contribution is 0.0963. The number of aromatic nitrogens is 3. The van der Waals surface area contributed by atoms with Crippen molar-refractivity contribution in [3.8, 4) is 0 Å². The number of carbonyl (C=O) groups excluding carboxylic acids is 1. The van der Waals surface area contributed by atoms with Crippen LogP contribution in [0.2, 0.25) is 0 Å². The smallest absolute Gasteiger partial charge is 0.251 e. The molecule has 1 aliphatic rings. The first-order chi connectivity index (χ1) is 13.6. The Bertz CT molecular complexity index is 958. The molecule has 2 aromatic heterocycles. The Morgan fingerprint density at radius 3 is 2.57 bits per heavy atom. The predicted octanol–water partition coefficient (Wildman–Crippen LogP) is 2.51. The van der Waals surface area contributed by atoms with Crippen molar-refractivity contribution in [1.29, 1.82) is 0 Å². The number of hydrogen-bond acceptors (Lipinski definition) is 6. The van der Waals surface area contributed by atoms with E-state index in [0.29, 0.717) is 23.6 Å². The zero-order valence-corrected chi connectivity index (χ0v) is 15.9.